The number of benzene rings is 1. The SMILES string of the molecule is COCCCN(C(=O)CC(C)CC(=O)O)c1ccc(C#N)cc1. The summed E-state index contributed by atoms with van der Waals surface area (Å²) in [6, 6.07) is 8.81. The molecule has 6 heteroatoms. The Morgan fingerprint density at radius 1 is 1.30 bits per heavy atom. The van der Waals surface area contributed by atoms with Crippen LogP contribution in [-0.2, 0) is 14.3 Å². The Balaban J connectivity index is 2.83. The van der Waals surface area contributed by atoms with Crippen LogP contribution in [0.5, 0.6) is 0 Å². The molecule has 0 aliphatic heterocycles. The summed E-state index contributed by atoms with van der Waals surface area (Å²) in [5, 5.41) is 17.7. The van der Waals surface area contributed by atoms with Crippen molar-refractivity contribution in [1.82, 2.24) is 0 Å². The van der Waals surface area contributed by atoms with Gasteiger partial charge >= 0.3 is 5.97 Å². The number of amides is 1. The second-order valence-electron chi connectivity index (χ2n) is 5.46. The van der Waals surface area contributed by atoms with Crippen LogP contribution in [0.3, 0.4) is 0 Å². The molecule has 0 spiro atoms. The van der Waals surface area contributed by atoms with Gasteiger partial charge in [0.25, 0.3) is 0 Å². The molecule has 1 N–H and O–H groups in total. The molecule has 0 aromatic heterocycles. The summed E-state index contributed by atoms with van der Waals surface area (Å²) in [6.07, 6.45) is 0.805. The van der Waals surface area contributed by atoms with Crippen LogP contribution in [0.25, 0.3) is 0 Å². The second kappa shape index (κ2) is 9.59. The number of carboxylic acids is 1. The lowest BCUT2D eigenvalue weighted by atomic mass is 10.0. The Morgan fingerprint density at radius 2 is 1.96 bits per heavy atom. The highest BCUT2D eigenvalue weighted by molar-refractivity contribution is 5.93. The first-order valence-electron chi connectivity index (χ1n) is 7.49. The van der Waals surface area contributed by atoms with Crippen molar-refractivity contribution in [2.45, 2.75) is 26.2 Å². The van der Waals surface area contributed by atoms with Gasteiger partial charge in [-0.25, -0.2) is 0 Å². The Morgan fingerprint density at radius 3 is 2.48 bits per heavy atom. The normalized spacial score (nSPS) is 11.5. The van der Waals surface area contributed by atoms with Gasteiger partial charge < -0.3 is 14.7 Å². The summed E-state index contributed by atoms with van der Waals surface area (Å²) in [5.74, 6) is -1.27. The number of anilines is 1. The van der Waals surface area contributed by atoms with Gasteiger partial charge in [-0.15, -0.1) is 0 Å². The number of carbonyl (C=O) groups is 2. The predicted octanol–water partition coefficient (Wildman–Crippen LogP) is 2.43. The second-order valence-corrected chi connectivity index (χ2v) is 5.46. The maximum absolute atomic E-state index is 12.5. The minimum Gasteiger partial charge on any atom is -0.481 e. The summed E-state index contributed by atoms with van der Waals surface area (Å²) in [7, 11) is 1.60. The monoisotopic (exact) mass is 318 g/mol. The van der Waals surface area contributed by atoms with E-state index in [1.165, 1.54) is 0 Å². The van der Waals surface area contributed by atoms with E-state index in [1.54, 1.807) is 43.2 Å². The van der Waals surface area contributed by atoms with E-state index in [0.717, 1.165) is 0 Å². The first-order chi connectivity index (χ1) is 11.0. The van der Waals surface area contributed by atoms with Gasteiger partial charge in [-0.05, 0) is 36.6 Å². The molecule has 23 heavy (non-hydrogen) atoms. The summed E-state index contributed by atoms with van der Waals surface area (Å²) in [4.78, 5) is 24.9. The van der Waals surface area contributed by atoms with Crippen LogP contribution < -0.4 is 4.90 Å². The number of carbonyl (C=O) groups excluding carboxylic acids is 1. The molecular formula is C17H22N2O4. The molecule has 0 aliphatic carbocycles. The molecule has 0 bridgehead atoms. The molecule has 0 radical (unpaired) electrons. The number of rotatable bonds is 9. The Hall–Kier alpha value is -2.39. The third-order valence-corrected chi connectivity index (χ3v) is 3.39. The molecule has 0 saturated carbocycles. The molecule has 0 fully saturated rings. The zero-order valence-electron chi connectivity index (χ0n) is 13.5. The van der Waals surface area contributed by atoms with Gasteiger partial charge in [0, 0.05) is 38.8 Å². The molecule has 1 atom stereocenters. The number of ether oxygens (including phenoxy) is 1. The van der Waals surface area contributed by atoms with Gasteiger partial charge in [-0.1, -0.05) is 6.92 Å². The van der Waals surface area contributed by atoms with E-state index in [4.69, 9.17) is 15.1 Å². The number of aliphatic carboxylic acids is 1. The van der Waals surface area contributed by atoms with Gasteiger partial charge in [-0.2, -0.15) is 5.26 Å². The van der Waals surface area contributed by atoms with Crippen molar-refractivity contribution < 1.29 is 19.4 Å². The van der Waals surface area contributed by atoms with Crippen molar-refractivity contribution in [1.29, 1.82) is 5.26 Å². The third-order valence-electron chi connectivity index (χ3n) is 3.39. The molecule has 1 aromatic carbocycles. The fourth-order valence-electron chi connectivity index (χ4n) is 2.26. The van der Waals surface area contributed by atoms with Crippen LogP contribution in [-0.4, -0.2) is 37.2 Å². The standard InChI is InChI=1S/C17H22N2O4/c1-13(11-17(21)22)10-16(20)19(8-3-9-23-2)15-6-4-14(12-18)5-7-15/h4-7,13H,3,8-11H2,1-2H3,(H,21,22). The highest BCUT2D eigenvalue weighted by atomic mass is 16.5. The third kappa shape index (κ3) is 6.49. The largest absolute Gasteiger partial charge is 0.481 e. The van der Waals surface area contributed by atoms with E-state index in [0.29, 0.717) is 30.8 Å². The molecule has 0 aliphatic rings. The van der Waals surface area contributed by atoms with E-state index in [9.17, 15) is 9.59 Å². The van der Waals surface area contributed by atoms with Crippen molar-refractivity contribution in [3.05, 3.63) is 29.8 Å². The summed E-state index contributed by atoms with van der Waals surface area (Å²) in [6.45, 7) is 2.77. The molecule has 1 rings (SSSR count). The Labute approximate surface area is 136 Å². The average molecular weight is 318 g/mol. The highest BCUT2D eigenvalue weighted by Gasteiger charge is 2.19. The van der Waals surface area contributed by atoms with Gasteiger partial charge in [0.15, 0.2) is 0 Å². The van der Waals surface area contributed by atoms with Crippen LogP contribution >= 0.6 is 0 Å². The molecule has 1 aromatic rings. The summed E-state index contributed by atoms with van der Waals surface area (Å²) in [5.41, 5.74) is 1.23. The lowest BCUT2D eigenvalue weighted by Gasteiger charge is -2.24. The van der Waals surface area contributed by atoms with E-state index in [2.05, 4.69) is 0 Å². The molecular weight excluding hydrogens is 296 g/mol. The van der Waals surface area contributed by atoms with Crippen molar-refractivity contribution >= 4 is 17.6 Å². The number of hydrogen-bond donors (Lipinski definition) is 1. The Kier molecular flexibility index (Phi) is 7.78. The van der Waals surface area contributed by atoms with Crippen LogP contribution in [0.2, 0.25) is 0 Å². The van der Waals surface area contributed by atoms with Crippen molar-refractivity contribution in [2.24, 2.45) is 5.92 Å². The molecule has 1 amide bonds. The fraction of sp³-hybridized carbons (Fsp3) is 0.471. The smallest absolute Gasteiger partial charge is 0.303 e. The lowest BCUT2D eigenvalue weighted by molar-refractivity contribution is -0.138. The Bertz CT molecular complexity index is 563. The molecule has 0 heterocycles. The minimum absolute atomic E-state index is 0.0367. The quantitative estimate of drug-likeness (QED) is 0.706. The number of hydrogen-bond acceptors (Lipinski definition) is 4. The van der Waals surface area contributed by atoms with E-state index in [1.807, 2.05) is 6.07 Å². The zero-order valence-corrected chi connectivity index (χ0v) is 13.5. The van der Waals surface area contributed by atoms with E-state index < -0.39 is 5.97 Å². The number of carboxylic acid groups (broad SMARTS) is 1. The summed E-state index contributed by atoms with van der Waals surface area (Å²) >= 11 is 0. The number of nitriles is 1. The van der Waals surface area contributed by atoms with Gasteiger partial charge in [0.2, 0.25) is 5.91 Å². The molecule has 1 unspecified atom stereocenters. The van der Waals surface area contributed by atoms with Gasteiger partial charge in [0.05, 0.1) is 11.6 Å². The highest BCUT2D eigenvalue weighted by Crippen LogP contribution is 2.19. The van der Waals surface area contributed by atoms with Crippen LogP contribution in [0.15, 0.2) is 24.3 Å². The fourth-order valence-corrected chi connectivity index (χ4v) is 2.26. The first kappa shape index (κ1) is 18.7. The van der Waals surface area contributed by atoms with Crippen LogP contribution in [0, 0.1) is 17.2 Å². The summed E-state index contributed by atoms with van der Waals surface area (Å²) < 4.78 is 5.02. The number of methoxy groups -OCH3 is 1. The first-order valence-corrected chi connectivity index (χ1v) is 7.49. The average Bonchev–Trinajstić information content (AvgIpc) is 2.51. The zero-order chi connectivity index (χ0) is 17.2. The molecule has 0 saturated heterocycles. The maximum Gasteiger partial charge on any atom is 0.303 e. The van der Waals surface area contributed by atoms with Gasteiger partial charge in [-0.3, -0.25) is 9.59 Å². The molecule has 6 nitrogen and oxygen atoms in total. The van der Waals surface area contributed by atoms with Crippen molar-refractivity contribution in [3.63, 3.8) is 0 Å². The van der Waals surface area contributed by atoms with Crippen molar-refractivity contribution in [3.8, 4) is 6.07 Å². The molecule has 124 valence electrons. The van der Waals surface area contributed by atoms with Crippen LogP contribution in [0.1, 0.15) is 31.7 Å². The minimum atomic E-state index is -0.908. The maximum atomic E-state index is 12.5. The predicted molar refractivity (Wildman–Crippen MR) is 86.0 cm³/mol. The van der Waals surface area contributed by atoms with Crippen LogP contribution in [0.4, 0.5) is 5.69 Å². The van der Waals surface area contributed by atoms with Crippen molar-refractivity contribution in [2.75, 3.05) is 25.2 Å². The van der Waals surface area contributed by atoms with E-state index >= 15 is 0 Å². The topological polar surface area (TPSA) is 90.6 Å². The van der Waals surface area contributed by atoms with E-state index in [-0.39, 0.29) is 24.7 Å². The lowest BCUT2D eigenvalue weighted by Crippen LogP contribution is -2.33. The van der Waals surface area contributed by atoms with Gasteiger partial charge in [0.1, 0.15) is 0 Å². The number of nitrogens with zero attached hydrogens (tertiary/aromatic N) is 2.